The maximum Gasteiger partial charge on any atom is 0.351 e. The van der Waals surface area contributed by atoms with Crippen LogP contribution in [0.5, 0.6) is 0 Å². The number of hydrogen-bond donors (Lipinski definition) is 1. The van der Waals surface area contributed by atoms with E-state index in [-0.39, 0.29) is 5.82 Å². The number of carbonyl (C=O) groups is 2. The molecule has 4 rings (SSSR count). The highest BCUT2D eigenvalue weighted by Crippen LogP contribution is 2.44. The van der Waals surface area contributed by atoms with Gasteiger partial charge < -0.3 is 19.9 Å². The maximum absolute atomic E-state index is 15.5. The van der Waals surface area contributed by atoms with Crippen LogP contribution in [0.15, 0.2) is 89.9 Å². The SMILES string of the molecule is Nc1ccn([C@@H]2O[C@H](COC(=O)C=Cc3ccccc3)C(OC(=O)C=Cc3ccccc3)C2(F)F)c(=O)n1. The Morgan fingerprint density at radius 2 is 1.55 bits per heavy atom. The molecule has 38 heavy (non-hydrogen) atoms. The molecule has 9 nitrogen and oxygen atoms in total. The van der Waals surface area contributed by atoms with Gasteiger partial charge in [-0.25, -0.2) is 14.4 Å². The van der Waals surface area contributed by atoms with Crippen LogP contribution in [-0.4, -0.2) is 46.2 Å². The summed E-state index contributed by atoms with van der Waals surface area (Å²) in [4.78, 5) is 40.3. The fourth-order valence-corrected chi connectivity index (χ4v) is 3.69. The molecule has 1 aliphatic heterocycles. The van der Waals surface area contributed by atoms with Gasteiger partial charge in [0.15, 0.2) is 6.10 Å². The molecule has 1 unspecified atom stereocenters. The van der Waals surface area contributed by atoms with Crippen molar-refractivity contribution >= 4 is 29.9 Å². The minimum Gasteiger partial charge on any atom is -0.460 e. The minimum atomic E-state index is -3.89. The van der Waals surface area contributed by atoms with Crippen molar-refractivity contribution in [2.75, 3.05) is 12.3 Å². The van der Waals surface area contributed by atoms with Crippen molar-refractivity contribution in [1.82, 2.24) is 9.55 Å². The van der Waals surface area contributed by atoms with Crippen LogP contribution in [0.4, 0.5) is 14.6 Å². The summed E-state index contributed by atoms with van der Waals surface area (Å²) < 4.78 is 47.1. The molecule has 0 radical (unpaired) electrons. The molecule has 3 atom stereocenters. The van der Waals surface area contributed by atoms with Crippen molar-refractivity contribution in [3.63, 3.8) is 0 Å². The van der Waals surface area contributed by atoms with E-state index < -0.39 is 48.6 Å². The van der Waals surface area contributed by atoms with Crippen molar-refractivity contribution in [3.8, 4) is 0 Å². The predicted molar refractivity (Wildman–Crippen MR) is 134 cm³/mol. The molecule has 0 amide bonds. The molecule has 196 valence electrons. The lowest BCUT2D eigenvalue weighted by Gasteiger charge is -2.23. The van der Waals surface area contributed by atoms with E-state index in [2.05, 4.69) is 4.98 Å². The number of alkyl halides is 2. The highest BCUT2D eigenvalue weighted by molar-refractivity contribution is 5.87. The lowest BCUT2D eigenvalue weighted by Crippen LogP contribution is -2.44. The van der Waals surface area contributed by atoms with Gasteiger partial charge in [0.2, 0.25) is 6.23 Å². The highest BCUT2D eigenvalue weighted by Gasteiger charge is 2.62. The lowest BCUT2D eigenvalue weighted by atomic mass is 10.1. The monoisotopic (exact) mass is 523 g/mol. The van der Waals surface area contributed by atoms with Crippen LogP contribution in [0, 0.1) is 0 Å². The zero-order valence-corrected chi connectivity index (χ0v) is 19.9. The van der Waals surface area contributed by atoms with E-state index in [4.69, 9.17) is 19.9 Å². The number of aromatic nitrogens is 2. The third-order valence-electron chi connectivity index (χ3n) is 5.51. The second kappa shape index (κ2) is 11.6. The van der Waals surface area contributed by atoms with Crippen LogP contribution < -0.4 is 11.4 Å². The van der Waals surface area contributed by atoms with Crippen LogP contribution in [0.1, 0.15) is 17.4 Å². The quantitative estimate of drug-likeness (QED) is 0.353. The van der Waals surface area contributed by atoms with E-state index in [1.54, 1.807) is 54.6 Å². The van der Waals surface area contributed by atoms with Gasteiger partial charge in [-0.15, -0.1) is 0 Å². The first-order valence-corrected chi connectivity index (χ1v) is 11.5. The van der Waals surface area contributed by atoms with Gasteiger partial charge in [-0.05, 0) is 29.3 Å². The van der Waals surface area contributed by atoms with Crippen molar-refractivity contribution in [2.24, 2.45) is 0 Å². The minimum absolute atomic E-state index is 0.169. The summed E-state index contributed by atoms with van der Waals surface area (Å²) >= 11 is 0. The Labute approximate surface area is 215 Å². The number of rotatable bonds is 8. The summed E-state index contributed by atoms with van der Waals surface area (Å²) in [5.41, 5.74) is 5.73. The first-order chi connectivity index (χ1) is 18.2. The van der Waals surface area contributed by atoms with Gasteiger partial charge in [-0.1, -0.05) is 60.7 Å². The Morgan fingerprint density at radius 1 is 0.974 bits per heavy atom. The van der Waals surface area contributed by atoms with Crippen LogP contribution in [-0.2, 0) is 23.8 Å². The third kappa shape index (κ3) is 6.37. The van der Waals surface area contributed by atoms with Crippen molar-refractivity contribution in [3.05, 3.63) is 107 Å². The van der Waals surface area contributed by atoms with E-state index in [1.807, 2.05) is 6.07 Å². The number of ether oxygens (including phenoxy) is 3. The fourth-order valence-electron chi connectivity index (χ4n) is 3.69. The second-order valence-corrected chi connectivity index (χ2v) is 8.22. The molecule has 11 heteroatoms. The number of nitrogen functional groups attached to an aromatic ring is 1. The highest BCUT2D eigenvalue weighted by atomic mass is 19.3. The molecule has 1 saturated heterocycles. The number of halogens is 2. The Bertz CT molecular complexity index is 1390. The Balaban J connectivity index is 1.52. The van der Waals surface area contributed by atoms with Crippen LogP contribution >= 0.6 is 0 Å². The summed E-state index contributed by atoms with van der Waals surface area (Å²) in [5.74, 6) is -5.97. The Morgan fingerprint density at radius 3 is 2.13 bits per heavy atom. The molecule has 2 N–H and O–H groups in total. The third-order valence-corrected chi connectivity index (χ3v) is 5.51. The van der Waals surface area contributed by atoms with Crippen molar-refractivity contribution in [1.29, 1.82) is 0 Å². The largest absolute Gasteiger partial charge is 0.460 e. The summed E-state index contributed by atoms with van der Waals surface area (Å²) in [6.45, 7) is -0.679. The number of carbonyl (C=O) groups excluding carboxylic acids is 2. The normalized spacial score (nSPS) is 20.5. The van der Waals surface area contributed by atoms with Crippen molar-refractivity contribution in [2.45, 2.75) is 24.4 Å². The summed E-state index contributed by atoms with van der Waals surface area (Å²) in [6.07, 6.45) is 0.0148. The van der Waals surface area contributed by atoms with Crippen LogP contribution in [0.25, 0.3) is 12.2 Å². The summed E-state index contributed by atoms with van der Waals surface area (Å²) in [6, 6.07) is 18.7. The molecular weight excluding hydrogens is 500 g/mol. The fraction of sp³-hybridized carbons (Fsp3) is 0.185. The topological polar surface area (TPSA) is 123 Å². The Kier molecular flexibility index (Phi) is 8.07. The maximum atomic E-state index is 15.5. The van der Waals surface area contributed by atoms with E-state index in [0.717, 1.165) is 30.0 Å². The average Bonchev–Trinajstić information content (AvgIpc) is 3.15. The second-order valence-electron chi connectivity index (χ2n) is 8.22. The van der Waals surface area contributed by atoms with Crippen LogP contribution in [0.2, 0.25) is 0 Å². The van der Waals surface area contributed by atoms with Gasteiger partial charge in [0.05, 0.1) is 0 Å². The van der Waals surface area contributed by atoms with Gasteiger partial charge in [0.1, 0.15) is 18.5 Å². The van der Waals surface area contributed by atoms with Gasteiger partial charge in [-0.3, -0.25) is 4.57 Å². The molecule has 1 aliphatic rings. The molecule has 3 aromatic rings. The van der Waals surface area contributed by atoms with Gasteiger partial charge >= 0.3 is 23.6 Å². The van der Waals surface area contributed by atoms with E-state index >= 15 is 8.78 Å². The molecule has 0 aliphatic carbocycles. The summed E-state index contributed by atoms with van der Waals surface area (Å²) in [7, 11) is 0. The number of nitrogens with zero attached hydrogens (tertiary/aromatic N) is 2. The smallest absolute Gasteiger partial charge is 0.351 e. The molecule has 2 heterocycles. The molecule has 0 saturated carbocycles. The molecular formula is C27H23F2N3O6. The lowest BCUT2D eigenvalue weighted by molar-refractivity contribution is -0.172. The number of hydrogen-bond acceptors (Lipinski definition) is 8. The van der Waals surface area contributed by atoms with Gasteiger partial charge in [-0.2, -0.15) is 13.8 Å². The number of benzene rings is 2. The molecule has 0 bridgehead atoms. The standard InChI is InChI=1S/C27H23F2N3O6/c28-27(29)24(38-23(34)14-12-19-9-5-2-6-10-19)20(37-25(27)32-16-15-21(30)31-26(32)35)17-36-22(33)13-11-18-7-3-1-4-8-18/h1-16,20,24-25H,17H2,(H2,30,31,35)/t20-,24?,25-/m1/s1. The van der Waals surface area contributed by atoms with E-state index in [0.29, 0.717) is 10.1 Å². The predicted octanol–water partition coefficient (Wildman–Crippen LogP) is 3.24. The van der Waals surface area contributed by atoms with Gasteiger partial charge in [0.25, 0.3) is 0 Å². The molecule has 1 aromatic heterocycles. The molecule has 0 spiro atoms. The molecule has 2 aromatic carbocycles. The van der Waals surface area contributed by atoms with Crippen molar-refractivity contribution < 1.29 is 32.6 Å². The zero-order chi connectivity index (χ0) is 27.1. The van der Waals surface area contributed by atoms with E-state index in [9.17, 15) is 14.4 Å². The first kappa shape index (κ1) is 26.4. The van der Waals surface area contributed by atoms with Crippen LogP contribution in [0.3, 0.4) is 0 Å². The number of nitrogens with two attached hydrogens (primary N) is 1. The summed E-state index contributed by atoms with van der Waals surface area (Å²) in [5, 5.41) is 0. The zero-order valence-electron chi connectivity index (χ0n) is 19.9. The molecule has 1 fully saturated rings. The number of esters is 2. The van der Waals surface area contributed by atoms with Gasteiger partial charge in [0, 0.05) is 18.3 Å². The first-order valence-electron chi connectivity index (χ1n) is 11.5. The Hall–Kier alpha value is -4.64. The van der Waals surface area contributed by atoms with E-state index in [1.165, 1.54) is 12.2 Å². The average molecular weight is 523 g/mol. The number of anilines is 1.